The maximum atomic E-state index is 13.0. The molecule has 0 aliphatic carbocycles. The van der Waals surface area contributed by atoms with Crippen molar-refractivity contribution in [3.63, 3.8) is 0 Å². The predicted octanol–water partition coefficient (Wildman–Crippen LogP) is 5.10. The zero-order valence-corrected chi connectivity index (χ0v) is 22.3. The van der Waals surface area contributed by atoms with Crippen molar-refractivity contribution >= 4 is 45.8 Å². The molecule has 1 aliphatic heterocycles. The number of hydrogen-bond donors (Lipinski definition) is 3. The van der Waals surface area contributed by atoms with Gasteiger partial charge in [-0.05, 0) is 61.5 Å². The summed E-state index contributed by atoms with van der Waals surface area (Å²) in [6.45, 7) is 3.09. The Bertz CT molecular complexity index is 1550. The molecule has 1 aromatic heterocycles. The molecule has 0 radical (unpaired) electrons. The number of carbonyl (C=O) groups is 2. The molecule has 1 fully saturated rings. The molecule has 0 atom stereocenters. The lowest BCUT2D eigenvalue weighted by Crippen LogP contribution is -2.47. The fourth-order valence-corrected chi connectivity index (χ4v) is 4.96. The highest BCUT2D eigenvalue weighted by atomic mass is 35.5. The second kappa shape index (κ2) is 11.3. The fourth-order valence-electron chi connectivity index (χ4n) is 4.79. The van der Waals surface area contributed by atoms with Crippen molar-refractivity contribution < 1.29 is 19.8 Å². The fraction of sp³-hybridized carbons (Fsp3) is 0.233. The van der Waals surface area contributed by atoms with Gasteiger partial charge >= 0.3 is 5.97 Å². The lowest BCUT2D eigenvalue weighted by Gasteiger charge is -2.32. The molecular weight excluding hydrogens is 516 g/mol. The van der Waals surface area contributed by atoms with Gasteiger partial charge in [0.25, 0.3) is 5.91 Å². The number of nitrogens with one attached hydrogen (secondary N) is 1. The minimum atomic E-state index is -0.869. The molecule has 0 saturated carbocycles. The number of aryl methyl sites for hydroxylation is 1. The maximum Gasteiger partial charge on any atom is 0.303 e. The van der Waals surface area contributed by atoms with E-state index in [2.05, 4.69) is 9.88 Å². The summed E-state index contributed by atoms with van der Waals surface area (Å²) in [4.78, 5) is 36.1. The molecule has 9 heteroatoms. The number of benzene rings is 3. The number of halogens is 1. The summed E-state index contributed by atoms with van der Waals surface area (Å²) in [5.74, 6) is -0.924. The number of aromatic hydroxyl groups is 1. The Morgan fingerprint density at radius 2 is 1.72 bits per heavy atom. The van der Waals surface area contributed by atoms with Gasteiger partial charge in [0.05, 0.1) is 22.5 Å². The van der Waals surface area contributed by atoms with E-state index in [0.717, 1.165) is 29.6 Å². The standard InChI is InChI=1S/C30H29ClN4O4/c1-34-13-15-35(16-14-34)30(39)20-6-9-23(10-7-20)32-28(21-4-2-3-19(17-21)5-12-26(36)37)27-24-11-8-22(31)18-25(24)33-29(27)38/h2-4,6-11,17-18,33,38H,5,12-16H2,1H3,(H,36,37). The third kappa shape index (κ3) is 5.97. The van der Waals surface area contributed by atoms with Crippen LogP contribution in [0.1, 0.15) is 33.5 Å². The van der Waals surface area contributed by atoms with Gasteiger partial charge in [0.2, 0.25) is 0 Å². The lowest BCUT2D eigenvalue weighted by atomic mass is 9.97. The van der Waals surface area contributed by atoms with E-state index < -0.39 is 5.97 Å². The van der Waals surface area contributed by atoms with E-state index in [4.69, 9.17) is 21.7 Å². The summed E-state index contributed by atoms with van der Waals surface area (Å²) in [5.41, 5.74) is 4.46. The van der Waals surface area contributed by atoms with Crippen LogP contribution >= 0.6 is 11.6 Å². The van der Waals surface area contributed by atoms with Gasteiger partial charge in [0, 0.05) is 54.1 Å². The first-order valence-corrected chi connectivity index (χ1v) is 13.1. The van der Waals surface area contributed by atoms with Gasteiger partial charge < -0.3 is 25.0 Å². The summed E-state index contributed by atoms with van der Waals surface area (Å²) >= 11 is 6.18. The van der Waals surface area contributed by atoms with Crippen molar-refractivity contribution in [3.05, 3.63) is 94.0 Å². The monoisotopic (exact) mass is 544 g/mol. The van der Waals surface area contributed by atoms with Crippen molar-refractivity contribution in [2.24, 2.45) is 4.99 Å². The number of carboxylic acids is 1. The highest BCUT2D eigenvalue weighted by molar-refractivity contribution is 6.31. The van der Waals surface area contributed by atoms with E-state index >= 15 is 0 Å². The molecule has 1 amide bonds. The molecule has 8 nitrogen and oxygen atoms in total. The molecule has 0 spiro atoms. The van der Waals surface area contributed by atoms with Crippen LogP contribution in [0.15, 0.2) is 71.7 Å². The summed E-state index contributed by atoms with van der Waals surface area (Å²) in [7, 11) is 2.05. The molecule has 3 aromatic carbocycles. The highest BCUT2D eigenvalue weighted by Gasteiger charge is 2.21. The van der Waals surface area contributed by atoms with Crippen LogP contribution < -0.4 is 0 Å². The number of aromatic nitrogens is 1. The van der Waals surface area contributed by atoms with E-state index in [0.29, 0.717) is 52.6 Å². The third-order valence-electron chi connectivity index (χ3n) is 6.95. The van der Waals surface area contributed by atoms with Gasteiger partial charge in [0.15, 0.2) is 5.88 Å². The van der Waals surface area contributed by atoms with E-state index in [1.165, 1.54) is 0 Å². The van der Waals surface area contributed by atoms with Gasteiger partial charge in [-0.1, -0.05) is 35.9 Å². The number of aromatic amines is 1. The smallest absolute Gasteiger partial charge is 0.303 e. The Hall–Kier alpha value is -4.14. The van der Waals surface area contributed by atoms with E-state index in [1.54, 1.807) is 36.4 Å². The minimum absolute atomic E-state index is 0.00358. The lowest BCUT2D eigenvalue weighted by molar-refractivity contribution is -0.136. The largest absolute Gasteiger partial charge is 0.494 e. The summed E-state index contributed by atoms with van der Waals surface area (Å²) in [6.07, 6.45) is 0.380. The molecule has 3 N–H and O–H groups in total. The van der Waals surface area contributed by atoms with Crippen LogP contribution in [0, 0.1) is 0 Å². The van der Waals surface area contributed by atoms with Gasteiger partial charge in [0.1, 0.15) is 0 Å². The van der Waals surface area contributed by atoms with Crippen molar-refractivity contribution in [2.45, 2.75) is 12.8 Å². The van der Waals surface area contributed by atoms with Crippen molar-refractivity contribution in [1.29, 1.82) is 0 Å². The van der Waals surface area contributed by atoms with Crippen molar-refractivity contribution in [1.82, 2.24) is 14.8 Å². The number of carboxylic acid groups (broad SMARTS) is 1. The Morgan fingerprint density at radius 1 is 0.974 bits per heavy atom. The second-order valence-electron chi connectivity index (χ2n) is 9.74. The maximum absolute atomic E-state index is 13.0. The first-order chi connectivity index (χ1) is 18.8. The van der Waals surface area contributed by atoms with Crippen molar-refractivity contribution in [3.8, 4) is 5.88 Å². The molecular formula is C30H29ClN4O4. The number of aliphatic carboxylic acids is 1. The quantitative estimate of drug-likeness (QED) is 0.280. The molecule has 2 heterocycles. The molecule has 4 aromatic rings. The van der Waals surface area contributed by atoms with E-state index in [1.807, 2.05) is 42.3 Å². The van der Waals surface area contributed by atoms with Crippen LogP contribution in [0.3, 0.4) is 0 Å². The van der Waals surface area contributed by atoms with Gasteiger partial charge in [-0.3, -0.25) is 9.59 Å². The number of amides is 1. The van der Waals surface area contributed by atoms with Crippen LogP contribution in [0.25, 0.3) is 10.9 Å². The van der Waals surface area contributed by atoms with Crippen LogP contribution in [-0.4, -0.2) is 75.8 Å². The SMILES string of the molecule is CN1CCN(C(=O)c2ccc(N=C(c3cccc(CCC(=O)O)c3)c3c(O)[nH]c4cc(Cl)ccc34)cc2)CC1. The van der Waals surface area contributed by atoms with Gasteiger partial charge in [-0.25, -0.2) is 4.99 Å². The molecule has 39 heavy (non-hydrogen) atoms. The van der Waals surface area contributed by atoms with E-state index in [-0.39, 0.29) is 18.2 Å². The molecule has 5 rings (SSSR count). The predicted molar refractivity (Wildman–Crippen MR) is 153 cm³/mol. The highest BCUT2D eigenvalue weighted by Crippen LogP contribution is 2.33. The molecule has 1 saturated heterocycles. The normalized spacial score (nSPS) is 14.6. The Kier molecular flexibility index (Phi) is 7.67. The number of aliphatic imine (C=N–C) groups is 1. The van der Waals surface area contributed by atoms with Gasteiger partial charge in [-0.2, -0.15) is 0 Å². The topological polar surface area (TPSA) is 109 Å². The number of carbonyl (C=O) groups excluding carboxylic acids is 1. The van der Waals surface area contributed by atoms with Gasteiger partial charge in [-0.15, -0.1) is 0 Å². The first kappa shape index (κ1) is 26.5. The number of likely N-dealkylation sites (N-methyl/N-ethyl adjacent to an activating group) is 1. The number of hydrogen-bond acceptors (Lipinski definition) is 5. The number of rotatable bonds is 7. The zero-order chi connectivity index (χ0) is 27.5. The Labute approximate surface area is 231 Å². The second-order valence-corrected chi connectivity index (χ2v) is 10.2. The average molecular weight is 545 g/mol. The molecule has 200 valence electrons. The van der Waals surface area contributed by atoms with Crippen LogP contribution in [0.2, 0.25) is 5.02 Å². The number of H-pyrrole nitrogens is 1. The number of fused-ring (bicyclic) bond motifs is 1. The average Bonchev–Trinajstić information content (AvgIpc) is 3.25. The van der Waals surface area contributed by atoms with Crippen molar-refractivity contribution in [2.75, 3.05) is 33.2 Å². The van der Waals surface area contributed by atoms with Crippen LogP contribution in [0.4, 0.5) is 5.69 Å². The number of nitrogens with zero attached hydrogens (tertiary/aromatic N) is 3. The first-order valence-electron chi connectivity index (χ1n) is 12.8. The van der Waals surface area contributed by atoms with Crippen LogP contribution in [0.5, 0.6) is 5.88 Å². The summed E-state index contributed by atoms with van der Waals surface area (Å²) in [5, 5.41) is 21.4. The van der Waals surface area contributed by atoms with Crippen LogP contribution in [-0.2, 0) is 11.2 Å². The zero-order valence-electron chi connectivity index (χ0n) is 21.5. The third-order valence-corrected chi connectivity index (χ3v) is 7.19. The molecule has 0 unspecified atom stereocenters. The minimum Gasteiger partial charge on any atom is -0.494 e. The Morgan fingerprint density at radius 3 is 2.44 bits per heavy atom. The molecule has 1 aliphatic rings. The number of piperazine rings is 1. The Balaban J connectivity index is 1.54. The summed E-state index contributed by atoms with van der Waals surface area (Å²) < 4.78 is 0. The molecule has 0 bridgehead atoms. The summed E-state index contributed by atoms with van der Waals surface area (Å²) in [6, 6.07) is 19.9. The van der Waals surface area contributed by atoms with E-state index in [9.17, 15) is 14.7 Å².